The number of urea groups is 1. The quantitative estimate of drug-likeness (QED) is 0.304. The third-order valence-electron chi connectivity index (χ3n) is 4.24. The lowest BCUT2D eigenvalue weighted by molar-refractivity contribution is -0.782. The van der Waals surface area contributed by atoms with E-state index in [0.717, 1.165) is 12.1 Å². The first-order chi connectivity index (χ1) is 16.1. The number of rotatable bonds is 6. The standard InChI is InChI=1S/C21H16ClF3N4O5/c22-17-6-3-13(9-16(17)21(23,24)25)28-20(32)27-12-1-4-14(5-2-12)34-15-7-8-26-18(10-15)19(31)29(33)11-30/h1-10,29-30H,11H2,(H2,27,28,32). The Balaban J connectivity index is 1.62. The van der Waals surface area contributed by atoms with Crippen LogP contribution in [-0.4, -0.2) is 28.8 Å². The molecule has 3 rings (SSSR count). The average molecular weight is 497 g/mol. The van der Waals surface area contributed by atoms with E-state index in [4.69, 9.17) is 21.4 Å². The van der Waals surface area contributed by atoms with Gasteiger partial charge in [0.2, 0.25) is 0 Å². The second kappa shape index (κ2) is 10.5. The molecular formula is C21H16ClF3N4O5. The van der Waals surface area contributed by atoms with Gasteiger partial charge in [0.1, 0.15) is 11.5 Å². The van der Waals surface area contributed by atoms with Gasteiger partial charge in [0.05, 0.1) is 10.6 Å². The predicted octanol–water partition coefficient (Wildman–Crippen LogP) is 3.66. The molecule has 0 spiro atoms. The van der Waals surface area contributed by atoms with E-state index < -0.39 is 40.5 Å². The van der Waals surface area contributed by atoms with E-state index in [2.05, 4.69) is 15.6 Å². The van der Waals surface area contributed by atoms with Crippen molar-refractivity contribution in [2.75, 3.05) is 17.4 Å². The number of nitrogens with one attached hydrogen (secondary N) is 3. The van der Waals surface area contributed by atoms with Crippen molar-refractivity contribution in [3.8, 4) is 11.5 Å². The maximum Gasteiger partial charge on any atom is 0.417 e. The van der Waals surface area contributed by atoms with Crippen LogP contribution in [0.4, 0.5) is 29.3 Å². The van der Waals surface area contributed by atoms with Crippen LogP contribution in [-0.2, 0) is 6.18 Å². The van der Waals surface area contributed by atoms with Crippen LogP contribution in [0.15, 0.2) is 60.8 Å². The predicted molar refractivity (Wildman–Crippen MR) is 116 cm³/mol. The van der Waals surface area contributed by atoms with Crippen molar-refractivity contribution in [2.45, 2.75) is 6.18 Å². The molecule has 0 bridgehead atoms. The van der Waals surface area contributed by atoms with Crippen molar-refractivity contribution in [1.29, 1.82) is 0 Å². The van der Waals surface area contributed by atoms with Crippen LogP contribution in [0.5, 0.6) is 11.5 Å². The summed E-state index contributed by atoms with van der Waals surface area (Å²) in [4.78, 5) is 27.7. The number of hydroxylamine groups is 2. The molecule has 3 amide bonds. The van der Waals surface area contributed by atoms with Gasteiger partial charge in [0.25, 0.3) is 0 Å². The number of alkyl halides is 3. The molecule has 2 aromatic carbocycles. The van der Waals surface area contributed by atoms with Gasteiger partial charge in [0, 0.05) is 23.6 Å². The lowest BCUT2D eigenvalue weighted by Gasteiger charge is -2.15. The van der Waals surface area contributed by atoms with Crippen molar-refractivity contribution in [2.24, 2.45) is 0 Å². The summed E-state index contributed by atoms with van der Waals surface area (Å²) in [5.74, 6) is -0.441. The van der Waals surface area contributed by atoms with Crippen molar-refractivity contribution >= 4 is 34.9 Å². The highest BCUT2D eigenvalue weighted by Crippen LogP contribution is 2.36. The summed E-state index contributed by atoms with van der Waals surface area (Å²) in [5, 5.41) is 23.4. The summed E-state index contributed by atoms with van der Waals surface area (Å²) in [6.45, 7) is -0.935. The highest BCUT2D eigenvalue weighted by atomic mass is 35.5. The molecular weight excluding hydrogens is 481 g/mol. The van der Waals surface area contributed by atoms with Crippen molar-refractivity contribution < 1.29 is 37.7 Å². The van der Waals surface area contributed by atoms with Gasteiger partial charge in [-0.05, 0) is 48.5 Å². The largest absolute Gasteiger partial charge is 0.625 e. The molecule has 34 heavy (non-hydrogen) atoms. The van der Waals surface area contributed by atoms with Crippen LogP contribution < -0.4 is 20.4 Å². The number of pyridine rings is 1. The highest BCUT2D eigenvalue weighted by molar-refractivity contribution is 6.31. The molecule has 1 heterocycles. The Morgan fingerprint density at radius 3 is 2.32 bits per heavy atom. The van der Waals surface area contributed by atoms with Gasteiger partial charge in [-0.15, -0.1) is 0 Å². The number of anilines is 2. The van der Waals surface area contributed by atoms with Gasteiger partial charge in [-0.3, -0.25) is 5.06 Å². The van der Waals surface area contributed by atoms with E-state index in [9.17, 15) is 28.0 Å². The summed E-state index contributed by atoms with van der Waals surface area (Å²) >= 11 is 5.56. The number of hydrogen-bond donors (Lipinski definition) is 4. The van der Waals surface area contributed by atoms with Gasteiger partial charge in [-0.2, -0.15) is 13.2 Å². The maximum absolute atomic E-state index is 13.0. The Morgan fingerprint density at radius 2 is 1.68 bits per heavy atom. The molecule has 178 valence electrons. The number of nitrogens with zero attached hydrogens (tertiary/aromatic N) is 1. The minimum Gasteiger partial charge on any atom is -0.625 e. The van der Waals surface area contributed by atoms with Crippen LogP contribution in [0.2, 0.25) is 5.02 Å². The maximum atomic E-state index is 13.0. The number of halogens is 4. The third-order valence-corrected chi connectivity index (χ3v) is 4.57. The van der Waals surface area contributed by atoms with E-state index in [1.54, 1.807) is 0 Å². The van der Waals surface area contributed by atoms with Gasteiger partial charge >= 0.3 is 18.1 Å². The number of aliphatic hydroxyl groups is 1. The molecule has 13 heteroatoms. The van der Waals surface area contributed by atoms with Gasteiger partial charge in [0.15, 0.2) is 12.4 Å². The molecule has 1 unspecified atom stereocenters. The number of amides is 3. The number of aromatic nitrogens is 1. The summed E-state index contributed by atoms with van der Waals surface area (Å²) in [5.41, 5.74) is -1.05. The molecule has 1 atom stereocenters. The Bertz CT molecular complexity index is 1190. The van der Waals surface area contributed by atoms with Crippen LogP contribution in [0.3, 0.4) is 0 Å². The summed E-state index contributed by atoms with van der Waals surface area (Å²) < 4.78 is 44.4. The molecule has 4 N–H and O–H groups in total. The first kappa shape index (κ1) is 24.9. The Morgan fingerprint density at radius 1 is 1.03 bits per heavy atom. The molecule has 0 fully saturated rings. The van der Waals surface area contributed by atoms with Crippen LogP contribution in [0.25, 0.3) is 0 Å². The number of ether oxygens (including phenoxy) is 1. The van der Waals surface area contributed by atoms with Crippen LogP contribution in [0.1, 0.15) is 16.1 Å². The molecule has 0 aliphatic heterocycles. The van der Waals surface area contributed by atoms with Crippen LogP contribution >= 0.6 is 11.6 Å². The summed E-state index contributed by atoms with van der Waals surface area (Å²) in [6.07, 6.45) is -3.41. The minimum absolute atomic E-state index is 0.100. The monoisotopic (exact) mass is 496 g/mol. The fraction of sp³-hybridized carbons (Fsp3) is 0.0952. The highest BCUT2D eigenvalue weighted by Gasteiger charge is 2.33. The molecule has 1 aromatic heterocycles. The zero-order chi connectivity index (χ0) is 24.9. The van der Waals surface area contributed by atoms with Crippen LogP contribution in [0, 0.1) is 5.21 Å². The second-order valence-corrected chi connectivity index (χ2v) is 7.09. The van der Waals surface area contributed by atoms with Crippen molar-refractivity contribution in [3.63, 3.8) is 0 Å². The third kappa shape index (κ3) is 6.42. The van der Waals surface area contributed by atoms with E-state index in [0.29, 0.717) is 11.4 Å². The summed E-state index contributed by atoms with van der Waals surface area (Å²) in [7, 11) is 0. The number of hydrogen-bond acceptors (Lipinski definition) is 6. The fourth-order valence-electron chi connectivity index (χ4n) is 2.67. The number of aliphatic hydroxyl groups excluding tert-OH is 1. The Kier molecular flexibility index (Phi) is 7.68. The van der Waals surface area contributed by atoms with E-state index in [1.807, 2.05) is 0 Å². The Labute approximate surface area is 195 Å². The molecule has 0 saturated heterocycles. The SMILES string of the molecule is O=C(Nc1ccc(Oc2ccnc(C(=O)[NH+]([O-])CO)c2)cc1)Nc1ccc(Cl)c(C(F)(F)F)c1. The van der Waals surface area contributed by atoms with Crippen molar-refractivity contribution in [1.82, 2.24) is 4.98 Å². The molecule has 0 aliphatic carbocycles. The molecule has 0 saturated carbocycles. The molecule has 3 aromatic rings. The normalized spacial score (nSPS) is 12.1. The first-order valence-corrected chi connectivity index (χ1v) is 9.81. The minimum atomic E-state index is -4.67. The van der Waals surface area contributed by atoms with Gasteiger partial charge in [-0.25, -0.2) is 14.6 Å². The summed E-state index contributed by atoms with van der Waals surface area (Å²) in [6, 6.07) is 10.8. The molecule has 9 nitrogen and oxygen atoms in total. The Hall–Kier alpha value is -3.71. The topological polar surface area (TPSA) is 128 Å². The van der Waals surface area contributed by atoms with Crippen molar-refractivity contribution in [3.05, 3.63) is 82.3 Å². The number of carbonyl (C=O) groups is 2. The second-order valence-electron chi connectivity index (χ2n) is 6.69. The number of carbonyl (C=O) groups excluding carboxylic acids is 2. The average Bonchev–Trinajstić information content (AvgIpc) is 2.80. The molecule has 0 aliphatic rings. The van der Waals surface area contributed by atoms with E-state index >= 15 is 0 Å². The number of benzene rings is 2. The zero-order valence-electron chi connectivity index (χ0n) is 17.0. The zero-order valence-corrected chi connectivity index (χ0v) is 17.8. The number of quaternary nitrogens is 1. The lowest BCUT2D eigenvalue weighted by atomic mass is 10.2. The first-order valence-electron chi connectivity index (χ1n) is 9.44. The fourth-order valence-corrected chi connectivity index (χ4v) is 2.89. The van der Waals surface area contributed by atoms with Gasteiger partial charge in [-0.1, -0.05) is 11.6 Å². The van der Waals surface area contributed by atoms with Gasteiger partial charge < -0.3 is 25.7 Å². The van der Waals surface area contributed by atoms with E-state index in [-0.39, 0.29) is 17.1 Å². The van der Waals surface area contributed by atoms with E-state index in [1.165, 1.54) is 48.7 Å². The smallest absolute Gasteiger partial charge is 0.417 e. The molecule has 0 radical (unpaired) electrons. The lowest BCUT2D eigenvalue weighted by Crippen LogP contribution is -3.10.